The number of hydrogen-bond donors (Lipinski definition) is 1. The van der Waals surface area contributed by atoms with Crippen molar-refractivity contribution >= 4 is 11.0 Å². The van der Waals surface area contributed by atoms with Crippen LogP contribution in [-0.4, -0.2) is 17.1 Å². The fraction of sp³-hybridized carbons (Fsp3) is 0.235. The summed E-state index contributed by atoms with van der Waals surface area (Å²) in [6.07, 6.45) is 0. The minimum absolute atomic E-state index is 0.881. The predicted molar refractivity (Wildman–Crippen MR) is 82.3 cm³/mol. The van der Waals surface area contributed by atoms with Gasteiger partial charge in [-0.05, 0) is 49.6 Å². The van der Waals surface area contributed by atoms with Gasteiger partial charge >= 0.3 is 0 Å². The normalized spacial score (nSPS) is 11.0. The summed E-state index contributed by atoms with van der Waals surface area (Å²) in [5, 5.41) is 0. The van der Waals surface area contributed by atoms with Crippen LogP contribution in [0, 0.1) is 20.8 Å². The van der Waals surface area contributed by atoms with Gasteiger partial charge in [0, 0.05) is 5.56 Å². The molecule has 3 rings (SSSR count). The summed E-state index contributed by atoms with van der Waals surface area (Å²) in [6, 6.07) is 10.4. The Balaban J connectivity index is 2.17. The van der Waals surface area contributed by atoms with Gasteiger partial charge in [-0.15, -0.1) is 0 Å². The number of aromatic amines is 1. The maximum atomic E-state index is 5.38. The van der Waals surface area contributed by atoms with Crippen LogP contribution in [0.5, 0.6) is 5.75 Å². The summed E-state index contributed by atoms with van der Waals surface area (Å²) >= 11 is 0. The zero-order valence-electron chi connectivity index (χ0n) is 12.2. The molecule has 20 heavy (non-hydrogen) atoms. The maximum Gasteiger partial charge on any atom is 0.138 e. The molecule has 0 bridgehead atoms. The highest BCUT2D eigenvalue weighted by molar-refractivity contribution is 5.83. The van der Waals surface area contributed by atoms with Gasteiger partial charge in [-0.2, -0.15) is 0 Å². The number of benzene rings is 2. The van der Waals surface area contributed by atoms with Crippen LogP contribution in [-0.2, 0) is 0 Å². The first-order valence-corrected chi connectivity index (χ1v) is 6.70. The Hall–Kier alpha value is -2.29. The van der Waals surface area contributed by atoms with E-state index in [4.69, 9.17) is 9.72 Å². The van der Waals surface area contributed by atoms with Crippen LogP contribution in [0.25, 0.3) is 22.4 Å². The molecule has 0 amide bonds. The van der Waals surface area contributed by atoms with E-state index in [1.165, 1.54) is 11.1 Å². The van der Waals surface area contributed by atoms with E-state index in [-0.39, 0.29) is 0 Å². The van der Waals surface area contributed by atoms with E-state index < -0.39 is 0 Å². The number of nitrogens with one attached hydrogen (secondary N) is 1. The molecule has 3 heteroatoms. The minimum Gasteiger partial charge on any atom is -0.496 e. The lowest BCUT2D eigenvalue weighted by Crippen LogP contribution is -1.88. The largest absolute Gasteiger partial charge is 0.496 e. The third kappa shape index (κ3) is 2.05. The van der Waals surface area contributed by atoms with E-state index in [2.05, 4.69) is 43.1 Å². The Kier molecular flexibility index (Phi) is 2.97. The van der Waals surface area contributed by atoms with E-state index in [0.717, 1.165) is 33.7 Å². The number of nitrogens with zero attached hydrogens (tertiary/aromatic N) is 1. The van der Waals surface area contributed by atoms with Gasteiger partial charge in [0.1, 0.15) is 11.6 Å². The summed E-state index contributed by atoms with van der Waals surface area (Å²) in [5.74, 6) is 1.77. The van der Waals surface area contributed by atoms with Gasteiger partial charge in [0.2, 0.25) is 0 Å². The molecular formula is C17H18N2O. The minimum atomic E-state index is 0.881. The summed E-state index contributed by atoms with van der Waals surface area (Å²) < 4.78 is 5.38. The van der Waals surface area contributed by atoms with Crippen LogP contribution >= 0.6 is 0 Å². The molecule has 0 radical (unpaired) electrons. The average Bonchev–Trinajstić information content (AvgIpc) is 2.83. The van der Waals surface area contributed by atoms with Gasteiger partial charge in [-0.1, -0.05) is 18.2 Å². The third-order valence-corrected chi connectivity index (χ3v) is 3.60. The number of hydrogen-bond acceptors (Lipinski definition) is 2. The second-order valence-electron chi connectivity index (χ2n) is 5.25. The average molecular weight is 266 g/mol. The lowest BCUT2D eigenvalue weighted by Gasteiger charge is -2.05. The molecule has 102 valence electrons. The van der Waals surface area contributed by atoms with E-state index in [1.54, 1.807) is 7.11 Å². The van der Waals surface area contributed by atoms with Crippen LogP contribution in [0.4, 0.5) is 0 Å². The summed E-state index contributed by atoms with van der Waals surface area (Å²) in [4.78, 5) is 8.12. The molecule has 0 aliphatic rings. The van der Waals surface area contributed by atoms with Crippen molar-refractivity contribution in [1.82, 2.24) is 9.97 Å². The number of aromatic nitrogens is 2. The summed E-state index contributed by atoms with van der Waals surface area (Å²) in [5.41, 5.74) is 6.72. The van der Waals surface area contributed by atoms with Crippen LogP contribution in [0.3, 0.4) is 0 Å². The Morgan fingerprint density at radius 3 is 2.55 bits per heavy atom. The highest BCUT2D eigenvalue weighted by atomic mass is 16.5. The van der Waals surface area contributed by atoms with Crippen molar-refractivity contribution in [3.8, 4) is 17.1 Å². The van der Waals surface area contributed by atoms with Crippen LogP contribution in [0.2, 0.25) is 0 Å². The van der Waals surface area contributed by atoms with Crippen LogP contribution in [0.15, 0.2) is 30.3 Å². The van der Waals surface area contributed by atoms with E-state index in [1.807, 2.05) is 13.0 Å². The molecule has 1 N–H and O–H groups in total. The van der Waals surface area contributed by atoms with Crippen molar-refractivity contribution in [2.24, 2.45) is 0 Å². The van der Waals surface area contributed by atoms with E-state index in [0.29, 0.717) is 0 Å². The molecule has 3 nitrogen and oxygen atoms in total. The summed E-state index contributed by atoms with van der Waals surface area (Å²) in [7, 11) is 1.69. The zero-order chi connectivity index (χ0) is 14.3. The second-order valence-corrected chi connectivity index (χ2v) is 5.25. The number of aryl methyl sites for hydroxylation is 3. The van der Waals surface area contributed by atoms with Crippen molar-refractivity contribution in [3.63, 3.8) is 0 Å². The van der Waals surface area contributed by atoms with Gasteiger partial charge < -0.3 is 9.72 Å². The van der Waals surface area contributed by atoms with Gasteiger partial charge in [0.05, 0.1) is 18.1 Å². The maximum absolute atomic E-state index is 5.38. The lowest BCUT2D eigenvalue weighted by atomic mass is 10.1. The first kappa shape index (κ1) is 12.7. The SMILES string of the molecule is COc1cc(-c2nc3c(C)cc(C)cc3[nH]2)ccc1C. The lowest BCUT2D eigenvalue weighted by molar-refractivity contribution is 0.412. The van der Waals surface area contributed by atoms with E-state index in [9.17, 15) is 0 Å². The van der Waals surface area contributed by atoms with Gasteiger partial charge in [-0.3, -0.25) is 0 Å². The quantitative estimate of drug-likeness (QED) is 0.756. The smallest absolute Gasteiger partial charge is 0.138 e. The van der Waals surface area contributed by atoms with Gasteiger partial charge in [-0.25, -0.2) is 4.98 Å². The Morgan fingerprint density at radius 2 is 1.80 bits per heavy atom. The number of imidazole rings is 1. The predicted octanol–water partition coefficient (Wildman–Crippen LogP) is 4.16. The highest BCUT2D eigenvalue weighted by Crippen LogP contribution is 2.28. The van der Waals surface area contributed by atoms with Crippen LogP contribution < -0.4 is 4.74 Å². The molecule has 3 aromatic rings. The number of rotatable bonds is 2. The zero-order valence-corrected chi connectivity index (χ0v) is 12.2. The van der Waals surface area contributed by atoms with Crippen LogP contribution in [0.1, 0.15) is 16.7 Å². The topological polar surface area (TPSA) is 37.9 Å². The Labute approximate surface area is 118 Å². The molecule has 0 atom stereocenters. The molecule has 2 aromatic carbocycles. The molecule has 0 saturated carbocycles. The number of H-pyrrole nitrogens is 1. The molecule has 1 aromatic heterocycles. The first-order valence-electron chi connectivity index (χ1n) is 6.70. The van der Waals surface area contributed by atoms with Crippen molar-refractivity contribution in [1.29, 1.82) is 0 Å². The Bertz CT molecular complexity index is 787. The molecule has 0 unspecified atom stereocenters. The molecule has 1 heterocycles. The molecule has 0 spiro atoms. The van der Waals surface area contributed by atoms with Crippen molar-refractivity contribution < 1.29 is 4.74 Å². The fourth-order valence-corrected chi connectivity index (χ4v) is 2.58. The molecule has 0 aliphatic carbocycles. The molecule has 0 fully saturated rings. The van der Waals surface area contributed by atoms with Crippen molar-refractivity contribution in [2.75, 3.05) is 7.11 Å². The monoisotopic (exact) mass is 266 g/mol. The second kappa shape index (κ2) is 4.67. The van der Waals surface area contributed by atoms with Crippen molar-refractivity contribution in [3.05, 3.63) is 47.0 Å². The first-order chi connectivity index (χ1) is 9.58. The molecule has 0 saturated heterocycles. The number of ether oxygens (including phenoxy) is 1. The van der Waals surface area contributed by atoms with E-state index >= 15 is 0 Å². The number of fused-ring (bicyclic) bond motifs is 1. The Morgan fingerprint density at radius 1 is 1.00 bits per heavy atom. The highest BCUT2D eigenvalue weighted by Gasteiger charge is 2.09. The number of methoxy groups -OCH3 is 1. The van der Waals surface area contributed by atoms with Gasteiger partial charge in [0.25, 0.3) is 0 Å². The standard InChI is InChI=1S/C17H18N2O/c1-10-7-12(3)16-14(8-10)18-17(19-16)13-6-5-11(2)15(9-13)20-4/h5-9H,1-4H3,(H,18,19). The molecular weight excluding hydrogens is 248 g/mol. The third-order valence-electron chi connectivity index (χ3n) is 3.60. The van der Waals surface area contributed by atoms with Crippen molar-refractivity contribution in [2.45, 2.75) is 20.8 Å². The fourth-order valence-electron chi connectivity index (χ4n) is 2.58. The molecule has 0 aliphatic heterocycles. The van der Waals surface area contributed by atoms with Gasteiger partial charge in [0.15, 0.2) is 0 Å². The summed E-state index contributed by atoms with van der Waals surface area (Å²) in [6.45, 7) is 6.23.